The Morgan fingerprint density at radius 3 is 2.00 bits per heavy atom. The topological polar surface area (TPSA) is 17.1 Å². The Labute approximate surface area is 91.9 Å². The lowest BCUT2D eigenvalue weighted by Crippen LogP contribution is -2.08. The molecule has 0 atom stereocenters. The van der Waals surface area contributed by atoms with Gasteiger partial charge in [-0.3, -0.25) is 4.79 Å². The lowest BCUT2D eigenvalue weighted by Gasteiger charge is -2.18. The number of aldehydes is 1. The summed E-state index contributed by atoms with van der Waals surface area (Å²) in [6.07, 6.45) is 0.428. The molecule has 0 bridgehead atoms. The largest absolute Gasteiger partial charge is 0.298 e. The lowest BCUT2D eigenvalue weighted by molar-refractivity contribution is 0.112. The van der Waals surface area contributed by atoms with Crippen molar-refractivity contribution in [3.05, 3.63) is 29.3 Å². The summed E-state index contributed by atoms with van der Waals surface area (Å²) in [6, 6.07) is 2.09. The normalized spacial score (nSPS) is 11.5. The van der Waals surface area contributed by atoms with Gasteiger partial charge in [0.2, 0.25) is 0 Å². The van der Waals surface area contributed by atoms with Crippen molar-refractivity contribution < 1.29 is 13.6 Å². The van der Waals surface area contributed by atoms with Gasteiger partial charge >= 0.3 is 0 Å². The van der Waals surface area contributed by atoms with E-state index in [0.29, 0.717) is 6.29 Å². The number of rotatable bonds is 2. The molecule has 0 amide bonds. The summed E-state index contributed by atoms with van der Waals surface area (Å²) in [5, 5.41) is 0. The maximum Gasteiger partial charge on any atom is 0.150 e. The average molecular weight is 230 g/mol. The van der Waals surface area contributed by atoms with Crippen LogP contribution in [-0.4, -0.2) is 11.0 Å². The Balaban J connectivity index is 3.14. The summed E-state index contributed by atoms with van der Waals surface area (Å²) in [5.41, 5.74) is 0.0169. The number of hydrogen-bond acceptors (Lipinski definition) is 2. The van der Waals surface area contributed by atoms with Crippen molar-refractivity contribution in [3.63, 3.8) is 0 Å². The molecule has 1 aromatic rings. The van der Waals surface area contributed by atoms with Crippen molar-refractivity contribution in [2.75, 3.05) is 0 Å². The van der Waals surface area contributed by atoms with Gasteiger partial charge in [0.25, 0.3) is 0 Å². The van der Waals surface area contributed by atoms with Crippen LogP contribution in [0.25, 0.3) is 0 Å². The first-order valence-electron chi connectivity index (χ1n) is 4.47. The van der Waals surface area contributed by atoms with Gasteiger partial charge in [-0.15, -0.1) is 11.8 Å². The first-order valence-corrected chi connectivity index (χ1v) is 5.28. The van der Waals surface area contributed by atoms with Crippen LogP contribution in [0.4, 0.5) is 8.78 Å². The molecule has 4 heteroatoms. The van der Waals surface area contributed by atoms with E-state index >= 15 is 0 Å². The fourth-order valence-corrected chi connectivity index (χ4v) is 1.98. The van der Waals surface area contributed by atoms with Crippen molar-refractivity contribution >= 4 is 18.0 Å². The van der Waals surface area contributed by atoms with Crippen LogP contribution in [0, 0.1) is 11.6 Å². The molecule has 0 unspecified atom stereocenters. The van der Waals surface area contributed by atoms with E-state index in [1.165, 1.54) is 0 Å². The predicted molar refractivity (Wildman–Crippen MR) is 57.4 cm³/mol. The quantitative estimate of drug-likeness (QED) is 0.569. The van der Waals surface area contributed by atoms with E-state index in [4.69, 9.17) is 0 Å². The summed E-state index contributed by atoms with van der Waals surface area (Å²) in [7, 11) is 0. The summed E-state index contributed by atoms with van der Waals surface area (Å²) >= 11 is 1.11. The van der Waals surface area contributed by atoms with Crippen LogP contribution in [0.1, 0.15) is 31.1 Å². The summed E-state index contributed by atoms with van der Waals surface area (Å²) < 4.78 is 26.5. The van der Waals surface area contributed by atoms with E-state index in [9.17, 15) is 13.6 Å². The fourth-order valence-electron chi connectivity index (χ4n) is 1.05. The molecule has 0 N–H and O–H groups in total. The molecule has 0 aliphatic heterocycles. The molecule has 82 valence electrons. The van der Waals surface area contributed by atoms with E-state index in [0.717, 1.165) is 23.9 Å². The van der Waals surface area contributed by atoms with Crippen LogP contribution < -0.4 is 0 Å². The Kier molecular flexibility index (Phi) is 3.50. The van der Waals surface area contributed by atoms with E-state index in [2.05, 4.69) is 0 Å². The summed E-state index contributed by atoms with van der Waals surface area (Å²) in [5.74, 6) is -1.37. The maximum atomic E-state index is 13.4. The molecule has 0 fully saturated rings. The van der Waals surface area contributed by atoms with Gasteiger partial charge in [-0.1, -0.05) is 20.8 Å². The molecule has 0 saturated heterocycles. The SMILES string of the molecule is CC(C)(C)Sc1c(F)cc(C=O)cc1F. The monoisotopic (exact) mass is 230 g/mol. The van der Waals surface area contributed by atoms with E-state index < -0.39 is 11.6 Å². The van der Waals surface area contributed by atoms with Crippen LogP contribution in [0.5, 0.6) is 0 Å². The van der Waals surface area contributed by atoms with Crippen LogP contribution >= 0.6 is 11.8 Å². The van der Waals surface area contributed by atoms with E-state index in [1.54, 1.807) is 0 Å². The van der Waals surface area contributed by atoms with Crippen molar-refractivity contribution in [2.24, 2.45) is 0 Å². The summed E-state index contributed by atoms with van der Waals surface area (Å²) in [4.78, 5) is 10.3. The Morgan fingerprint density at radius 2 is 1.67 bits per heavy atom. The van der Waals surface area contributed by atoms with Gasteiger partial charge < -0.3 is 0 Å². The van der Waals surface area contributed by atoms with Crippen LogP contribution in [-0.2, 0) is 0 Å². The number of benzene rings is 1. The number of halogens is 2. The van der Waals surface area contributed by atoms with Gasteiger partial charge in [-0.05, 0) is 12.1 Å². The maximum absolute atomic E-state index is 13.4. The van der Waals surface area contributed by atoms with Gasteiger partial charge in [0.15, 0.2) is 0 Å². The third kappa shape index (κ3) is 3.30. The third-order valence-electron chi connectivity index (χ3n) is 1.56. The number of thioether (sulfide) groups is 1. The second-order valence-electron chi connectivity index (χ2n) is 4.15. The molecule has 0 heterocycles. The Hall–Kier alpha value is -0.900. The second kappa shape index (κ2) is 4.31. The average Bonchev–Trinajstić information content (AvgIpc) is 2.09. The van der Waals surface area contributed by atoms with E-state index in [-0.39, 0.29) is 15.2 Å². The van der Waals surface area contributed by atoms with Crippen LogP contribution in [0.3, 0.4) is 0 Å². The molecule has 1 nitrogen and oxygen atoms in total. The zero-order chi connectivity index (χ0) is 11.6. The number of carbonyl (C=O) groups is 1. The van der Waals surface area contributed by atoms with Crippen LogP contribution in [0.15, 0.2) is 17.0 Å². The smallest absolute Gasteiger partial charge is 0.150 e. The predicted octanol–water partition coefficient (Wildman–Crippen LogP) is 3.67. The first-order chi connectivity index (χ1) is 6.83. The molecule has 0 saturated carbocycles. The zero-order valence-electron chi connectivity index (χ0n) is 8.80. The second-order valence-corrected chi connectivity index (χ2v) is 5.98. The van der Waals surface area contributed by atoms with Crippen LogP contribution in [0.2, 0.25) is 0 Å². The van der Waals surface area contributed by atoms with E-state index in [1.807, 2.05) is 20.8 Å². The minimum absolute atomic E-state index is 0.0169. The molecule has 0 aliphatic carbocycles. The molecule has 1 aromatic carbocycles. The van der Waals surface area contributed by atoms with Gasteiger partial charge in [-0.25, -0.2) is 8.78 Å². The molecular weight excluding hydrogens is 218 g/mol. The number of carbonyl (C=O) groups excluding carboxylic acids is 1. The van der Waals surface area contributed by atoms with Gasteiger partial charge in [-0.2, -0.15) is 0 Å². The van der Waals surface area contributed by atoms with Gasteiger partial charge in [0.05, 0.1) is 4.90 Å². The van der Waals surface area contributed by atoms with Crippen molar-refractivity contribution in [1.82, 2.24) is 0 Å². The standard InChI is InChI=1S/C11H12F2OS/c1-11(2,3)15-10-8(12)4-7(6-14)5-9(10)13/h4-6H,1-3H3. The Bertz CT molecular complexity index is 360. The van der Waals surface area contributed by atoms with Crippen molar-refractivity contribution in [3.8, 4) is 0 Å². The first kappa shape index (κ1) is 12.2. The number of hydrogen-bond donors (Lipinski definition) is 0. The zero-order valence-corrected chi connectivity index (χ0v) is 9.62. The summed E-state index contributed by atoms with van der Waals surface area (Å²) in [6.45, 7) is 5.60. The van der Waals surface area contributed by atoms with Gasteiger partial charge in [0, 0.05) is 10.3 Å². The highest BCUT2D eigenvalue weighted by atomic mass is 32.2. The van der Waals surface area contributed by atoms with Crippen molar-refractivity contribution in [1.29, 1.82) is 0 Å². The molecule has 15 heavy (non-hydrogen) atoms. The third-order valence-corrected chi connectivity index (χ3v) is 2.77. The highest BCUT2D eigenvalue weighted by Crippen LogP contribution is 2.35. The van der Waals surface area contributed by atoms with Gasteiger partial charge in [0.1, 0.15) is 17.9 Å². The molecule has 0 spiro atoms. The highest BCUT2D eigenvalue weighted by molar-refractivity contribution is 8.00. The minimum Gasteiger partial charge on any atom is -0.298 e. The Morgan fingerprint density at radius 1 is 1.20 bits per heavy atom. The lowest BCUT2D eigenvalue weighted by atomic mass is 10.2. The molecule has 0 aliphatic rings. The highest BCUT2D eigenvalue weighted by Gasteiger charge is 2.19. The molecule has 0 radical (unpaired) electrons. The molecular formula is C11H12F2OS. The van der Waals surface area contributed by atoms with Crippen molar-refractivity contribution in [2.45, 2.75) is 30.4 Å². The molecule has 0 aromatic heterocycles. The minimum atomic E-state index is -0.683. The molecule has 1 rings (SSSR count). The fraction of sp³-hybridized carbons (Fsp3) is 0.364.